The fourth-order valence-corrected chi connectivity index (χ4v) is 4.50. The molecule has 8 heteroatoms. The van der Waals surface area contributed by atoms with Crippen molar-refractivity contribution >= 4 is 46.0 Å². The minimum Gasteiger partial charge on any atom is -0.354 e. The molecular formula is C25H22Cl2N4O2. The van der Waals surface area contributed by atoms with E-state index in [2.05, 4.69) is 27.5 Å². The highest BCUT2D eigenvalue weighted by molar-refractivity contribution is 6.43. The number of urea groups is 1. The molecule has 6 nitrogen and oxygen atoms in total. The second kappa shape index (κ2) is 9.43. The van der Waals surface area contributed by atoms with Crippen molar-refractivity contribution in [3.05, 3.63) is 82.3 Å². The molecule has 4 aromatic rings. The van der Waals surface area contributed by atoms with Gasteiger partial charge in [-0.3, -0.25) is 10.2 Å². The van der Waals surface area contributed by atoms with Crippen LogP contribution in [0, 0.1) is 0 Å². The van der Waals surface area contributed by atoms with Crippen LogP contribution in [0.15, 0.2) is 71.3 Å². The van der Waals surface area contributed by atoms with Gasteiger partial charge in [-0.25, -0.2) is 4.79 Å². The van der Waals surface area contributed by atoms with E-state index in [9.17, 15) is 4.79 Å². The Morgan fingerprint density at radius 3 is 2.61 bits per heavy atom. The van der Waals surface area contributed by atoms with Crippen LogP contribution in [-0.4, -0.2) is 47.2 Å². The van der Waals surface area contributed by atoms with Gasteiger partial charge in [0.15, 0.2) is 11.4 Å². The lowest BCUT2D eigenvalue weighted by molar-refractivity contribution is 0.143. The number of amides is 2. The molecule has 1 N–H and O–H groups in total. The molecule has 0 aliphatic carbocycles. The second-order valence-electron chi connectivity index (χ2n) is 8.02. The van der Waals surface area contributed by atoms with Crippen LogP contribution in [0.25, 0.3) is 22.1 Å². The van der Waals surface area contributed by atoms with E-state index >= 15 is 0 Å². The predicted molar refractivity (Wildman–Crippen MR) is 132 cm³/mol. The van der Waals surface area contributed by atoms with E-state index in [-0.39, 0.29) is 6.03 Å². The van der Waals surface area contributed by atoms with Crippen molar-refractivity contribution in [3.8, 4) is 11.1 Å². The molecular weight excluding hydrogens is 459 g/mol. The highest BCUT2D eigenvalue weighted by Gasteiger charge is 2.22. The zero-order valence-electron chi connectivity index (χ0n) is 17.8. The minimum atomic E-state index is -0.161. The lowest BCUT2D eigenvalue weighted by atomic mass is 10.0. The number of rotatable bonds is 4. The third kappa shape index (κ3) is 4.69. The number of aromatic nitrogens is 1. The van der Waals surface area contributed by atoms with Gasteiger partial charge in [0.25, 0.3) is 0 Å². The maximum Gasteiger partial charge on any atom is 0.323 e. The van der Waals surface area contributed by atoms with E-state index < -0.39 is 0 Å². The Bertz CT molecular complexity index is 1300. The van der Waals surface area contributed by atoms with Crippen LogP contribution < -0.4 is 5.32 Å². The summed E-state index contributed by atoms with van der Waals surface area (Å²) >= 11 is 12.6. The molecule has 1 aliphatic heterocycles. The number of benzene rings is 3. The number of nitrogens with zero attached hydrogens (tertiary/aromatic N) is 3. The first-order valence-corrected chi connectivity index (χ1v) is 11.5. The average molecular weight is 481 g/mol. The largest absolute Gasteiger partial charge is 0.354 e. The maximum absolute atomic E-state index is 12.7. The topological polar surface area (TPSA) is 61.6 Å². The highest BCUT2D eigenvalue weighted by Crippen LogP contribution is 2.33. The number of nitrogens with one attached hydrogen (secondary N) is 1. The minimum absolute atomic E-state index is 0.161. The summed E-state index contributed by atoms with van der Waals surface area (Å²) in [4.78, 5) is 16.9. The summed E-state index contributed by atoms with van der Waals surface area (Å²) in [5.41, 5.74) is 3.81. The van der Waals surface area contributed by atoms with Gasteiger partial charge in [-0.1, -0.05) is 70.8 Å². The number of carbonyl (C=O) groups is 1. The van der Waals surface area contributed by atoms with E-state index in [1.54, 1.807) is 6.07 Å². The predicted octanol–water partition coefficient (Wildman–Crippen LogP) is 6.15. The molecule has 0 radical (unpaired) electrons. The van der Waals surface area contributed by atoms with Crippen molar-refractivity contribution in [2.24, 2.45) is 0 Å². The van der Waals surface area contributed by atoms with Crippen LogP contribution in [0.4, 0.5) is 10.6 Å². The number of hydrogen-bond acceptors (Lipinski definition) is 4. The number of para-hydroxylation sites is 1. The summed E-state index contributed by atoms with van der Waals surface area (Å²) in [7, 11) is 0. The van der Waals surface area contributed by atoms with Gasteiger partial charge in [-0.2, -0.15) is 0 Å². The van der Waals surface area contributed by atoms with Gasteiger partial charge in [0.05, 0.1) is 15.4 Å². The SMILES string of the molecule is O=C(Nc1noc2ccccc12)N1CCN(Cc2cccc(-c3cccc(Cl)c3Cl)c2)CC1. The van der Waals surface area contributed by atoms with Crippen molar-refractivity contribution in [1.82, 2.24) is 15.0 Å². The van der Waals surface area contributed by atoms with Crippen LogP contribution in [0.3, 0.4) is 0 Å². The van der Waals surface area contributed by atoms with Gasteiger partial charge < -0.3 is 9.42 Å². The van der Waals surface area contributed by atoms with E-state index in [1.807, 2.05) is 53.4 Å². The fourth-order valence-electron chi connectivity index (χ4n) is 4.09. The fraction of sp³-hybridized carbons (Fsp3) is 0.200. The molecule has 3 aromatic carbocycles. The lowest BCUT2D eigenvalue weighted by Crippen LogP contribution is -2.49. The Balaban J connectivity index is 1.19. The number of carbonyl (C=O) groups excluding carboxylic acids is 1. The Labute approximate surface area is 201 Å². The number of anilines is 1. The van der Waals surface area contributed by atoms with Crippen molar-refractivity contribution in [2.75, 3.05) is 31.5 Å². The summed E-state index contributed by atoms with van der Waals surface area (Å²) < 4.78 is 5.27. The van der Waals surface area contributed by atoms with Crippen LogP contribution in [0.1, 0.15) is 5.56 Å². The molecule has 1 aromatic heterocycles. The van der Waals surface area contributed by atoms with Gasteiger partial charge in [-0.15, -0.1) is 0 Å². The third-order valence-electron chi connectivity index (χ3n) is 5.86. The molecule has 168 valence electrons. The van der Waals surface area contributed by atoms with Crippen LogP contribution in [0.5, 0.6) is 0 Å². The third-order valence-corrected chi connectivity index (χ3v) is 6.68. The summed E-state index contributed by atoms with van der Waals surface area (Å²) in [6, 6.07) is 21.3. The molecule has 2 heterocycles. The van der Waals surface area contributed by atoms with Gasteiger partial charge in [0.1, 0.15) is 0 Å². The smallest absolute Gasteiger partial charge is 0.323 e. The first-order valence-electron chi connectivity index (χ1n) is 10.7. The standard InChI is InChI=1S/C25H22Cl2N4O2/c26-21-9-4-8-19(23(21)27)18-6-3-5-17(15-18)16-30-11-13-31(14-12-30)25(32)28-24-20-7-1-2-10-22(20)33-29-24/h1-10,15H,11-14,16H2,(H,28,29,32). The number of hydrogen-bond donors (Lipinski definition) is 1. The first-order chi connectivity index (χ1) is 16.1. The summed E-state index contributed by atoms with van der Waals surface area (Å²) in [5.74, 6) is 0.453. The number of fused-ring (bicyclic) bond motifs is 1. The van der Waals surface area contributed by atoms with E-state index in [1.165, 1.54) is 5.56 Å². The Morgan fingerprint density at radius 1 is 0.970 bits per heavy atom. The lowest BCUT2D eigenvalue weighted by Gasteiger charge is -2.34. The molecule has 0 unspecified atom stereocenters. The van der Waals surface area contributed by atoms with Crippen molar-refractivity contribution < 1.29 is 9.32 Å². The van der Waals surface area contributed by atoms with Gasteiger partial charge >= 0.3 is 6.03 Å². The van der Waals surface area contributed by atoms with Gasteiger partial charge in [0, 0.05) is 38.3 Å². The van der Waals surface area contributed by atoms with E-state index in [0.717, 1.165) is 36.1 Å². The zero-order valence-corrected chi connectivity index (χ0v) is 19.3. The summed E-state index contributed by atoms with van der Waals surface area (Å²) in [6.07, 6.45) is 0. The molecule has 2 amide bonds. The number of halogens is 2. The molecule has 0 atom stereocenters. The molecule has 0 saturated carbocycles. The van der Waals surface area contributed by atoms with Crippen LogP contribution in [-0.2, 0) is 6.54 Å². The zero-order chi connectivity index (χ0) is 22.8. The Hall–Kier alpha value is -3.06. The summed E-state index contributed by atoms with van der Waals surface area (Å²) in [5, 5.41) is 8.77. The monoisotopic (exact) mass is 480 g/mol. The molecule has 1 fully saturated rings. The quantitative estimate of drug-likeness (QED) is 0.380. The average Bonchev–Trinajstić information content (AvgIpc) is 3.24. The van der Waals surface area contributed by atoms with Crippen molar-refractivity contribution in [3.63, 3.8) is 0 Å². The van der Waals surface area contributed by atoms with E-state index in [0.29, 0.717) is 34.5 Å². The molecule has 1 aliphatic rings. The van der Waals surface area contributed by atoms with Gasteiger partial charge in [0.2, 0.25) is 0 Å². The Morgan fingerprint density at radius 2 is 1.76 bits per heavy atom. The van der Waals surface area contributed by atoms with E-state index in [4.69, 9.17) is 27.7 Å². The molecule has 5 rings (SSSR count). The van der Waals surface area contributed by atoms with Crippen molar-refractivity contribution in [2.45, 2.75) is 6.54 Å². The molecule has 0 spiro atoms. The van der Waals surface area contributed by atoms with Crippen LogP contribution >= 0.6 is 23.2 Å². The summed E-state index contributed by atoms with van der Waals surface area (Å²) in [6.45, 7) is 3.66. The van der Waals surface area contributed by atoms with Crippen LogP contribution in [0.2, 0.25) is 10.0 Å². The Kier molecular flexibility index (Phi) is 6.22. The maximum atomic E-state index is 12.7. The van der Waals surface area contributed by atoms with Crippen molar-refractivity contribution in [1.29, 1.82) is 0 Å². The second-order valence-corrected chi connectivity index (χ2v) is 8.81. The number of piperazine rings is 1. The molecule has 0 bridgehead atoms. The normalized spacial score (nSPS) is 14.5. The molecule has 33 heavy (non-hydrogen) atoms. The highest BCUT2D eigenvalue weighted by atomic mass is 35.5. The first kappa shape index (κ1) is 21.8. The molecule has 1 saturated heterocycles. The van der Waals surface area contributed by atoms with Gasteiger partial charge in [-0.05, 0) is 35.4 Å².